The van der Waals surface area contributed by atoms with E-state index >= 15 is 0 Å². The van der Waals surface area contributed by atoms with Crippen LogP contribution in [0.3, 0.4) is 0 Å². The van der Waals surface area contributed by atoms with E-state index in [0.29, 0.717) is 38.6 Å². The molecule has 0 saturated heterocycles. The van der Waals surface area contributed by atoms with Crippen molar-refractivity contribution in [1.82, 2.24) is 21.3 Å². The third-order valence-corrected chi connectivity index (χ3v) is 7.69. The molecule has 11 heteroatoms. The summed E-state index contributed by atoms with van der Waals surface area (Å²) in [5, 5.41) is 13.1. The van der Waals surface area contributed by atoms with Crippen LogP contribution in [0.15, 0.2) is 42.5 Å². The molecule has 0 aliphatic heterocycles. The van der Waals surface area contributed by atoms with E-state index in [-0.39, 0.29) is 24.2 Å². The molecule has 2 aromatic carbocycles. The van der Waals surface area contributed by atoms with Gasteiger partial charge in [-0.15, -0.1) is 0 Å². The second kappa shape index (κ2) is 18.0. The smallest absolute Gasteiger partial charge is 0.243 e. The number of fused-ring (bicyclic) bond motifs is 1. The van der Waals surface area contributed by atoms with Crippen LogP contribution in [0, 0.1) is 11.8 Å². The fourth-order valence-electron chi connectivity index (χ4n) is 5.02. The molecule has 0 fully saturated rings. The van der Waals surface area contributed by atoms with Gasteiger partial charge < -0.3 is 32.7 Å². The molecule has 0 heterocycles. The zero-order valence-corrected chi connectivity index (χ0v) is 26.7. The molecule has 5 atom stereocenters. The summed E-state index contributed by atoms with van der Waals surface area (Å²) in [5.74, 6) is -2.78. The van der Waals surface area contributed by atoms with Gasteiger partial charge in [0.2, 0.25) is 29.5 Å². The maximum Gasteiger partial charge on any atom is 0.243 e. The molecule has 0 aliphatic carbocycles. The highest BCUT2D eigenvalue weighted by Crippen LogP contribution is 2.17. The lowest BCUT2D eigenvalue weighted by Crippen LogP contribution is -2.59. The van der Waals surface area contributed by atoms with Crippen molar-refractivity contribution in [3.05, 3.63) is 48.0 Å². The van der Waals surface area contributed by atoms with Crippen LogP contribution in [0.25, 0.3) is 10.8 Å². The molecule has 0 aromatic heterocycles. The van der Waals surface area contributed by atoms with Crippen LogP contribution in [-0.4, -0.2) is 60.2 Å². The number of benzene rings is 2. The molecular weight excluding hydrogens is 560 g/mol. The van der Waals surface area contributed by atoms with Gasteiger partial charge in [-0.1, -0.05) is 76.6 Å². The normalized spacial score (nSPS) is 14.6. The summed E-state index contributed by atoms with van der Waals surface area (Å²) in [6, 6.07) is 9.94. The molecule has 8 N–H and O–H groups in total. The van der Waals surface area contributed by atoms with Crippen LogP contribution in [0.2, 0.25) is 0 Å². The zero-order chi connectivity index (χ0) is 32.8. The molecule has 2 aromatic rings. The summed E-state index contributed by atoms with van der Waals surface area (Å²) in [7, 11) is 0. The topological polar surface area (TPSA) is 186 Å². The number of rotatable bonds is 18. The van der Waals surface area contributed by atoms with E-state index in [1.54, 1.807) is 0 Å². The molecule has 2 unspecified atom stereocenters. The van der Waals surface area contributed by atoms with Crippen molar-refractivity contribution < 1.29 is 24.0 Å². The summed E-state index contributed by atoms with van der Waals surface area (Å²) in [5.41, 5.74) is 12.0. The number of unbranched alkanes of at least 4 members (excludes halogenated alkanes) is 1. The molecule has 0 bridgehead atoms. The second-order valence-electron chi connectivity index (χ2n) is 11.9. The first kappa shape index (κ1) is 36.2. The van der Waals surface area contributed by atoms with Gasteiger partial charge in [0.15, 0.2) is 0 Å². The third kappa shape index (κ3) is 11.6. The van der Waals surface area contributed by atoms with Gasteiger partial charge in [0.1, 0.15) is 24.2 Å². The predicted molar refractivity (Wildman–Crippen MR) is 172 cm³/mol. The van der Waals surface area contributed by atoms with Gasteiger partial charge in [-0.25, -0.2) is 0 Å². The number of amides is 5. The van der Waals surface area contributed by atoms with Crippen molar-refractivity contribution in [2.75, 3.05) is 6.54 Å². The number of nitrogens with one attached hydrogen (secondary N) is 4. The molecule has 242 valence electrons. The van der Waals surface area contributed by atoms with E-state index in [1.165, 1.54) is 6.92 Å². The van der Waals surface area contributed by atoms with E-state index in [9.17, 15) is 24.0 Å². The lowest BCUT2D eigenvalue weighted by atomic mass is 9.96. The Morgan fingerprint density at radius 1 is 0.773 bits per heavy atom. The highest BCUT2D eigenvalue weighted by Gasteiger charge is 2.33. The van der Waals surface area contributed by atoms with Gasteiger partial charge >= 0.3 is 0 Å². The van der Waals surface area contributed by atoms with Crippen molar-refractivity contribution in [1.29, 1.82) is 0 Å². The number of primary amides is 1. The van der Waals surface area contributed by atoms with Crippen molar-refractivity contribution in [2.24, 2.45) is 23.3 Å². The van der Waals surface area contributed by atoms with Gasteiger partial charge in [0.25, 0.3) is 0 Å². The monoisotopic (exact) mass is 610 g/mol. The first-order valence-corrected chi connectivity index (χ1v) is 15.5. The van der Waals surface area contributed by atoms with Crippen LogP contribution in [0.1, 0.15) is 72.3 Å². The van der Waals surface area contributed by atoms with Crippen LogP contribution in [0.5, 0.6) is 0 Å². The minimum atomic E-state index is -0.979. The van der Waals surface area contributed by atoms with Crippen LogP contribution in [0.4, 0.5) is 0 Å². The Kier molecular flexibility index (Phi) is 14.8. The van der Waals surface area contributed by atoms with Crippen LogP contribution >= 0.6 is 0 Å². The SMILES string of the molecule is CC[C@H](C)C(NC(=O)[C@H](Cc1ccc2ccccc2c1)NC(C)=O)C(=O)N[C@@H](CCCCN)C(=O)NC(CC(C)C)C(N)=O. The Bertz CT molecular complexity index is 1280. The van der Waals surface area contributed by atoms with Gasteiger partial charge in [0.05, 0.1) is 0 Å². The average molecular weight is 611 g/mol. The second-order valence-corrected chi connectivity index (χ2v) is 11.9. The molecule has 0 saturated carbocycles. The summed E-state index contributed by atoms with van der Waals surface area (Å²) >= 11 is 0. The molecule has 5 amide bonds. The Morgan fingerprint density at radius 2 is 1.41 bits per heavy atom. The first-order chi connectivity index (χ1) is 20.9. The van der Waals surface area contributed by atoms with E-state index in [1.807, 2.05) is 70.2 Å². The molecule has 0 aliphatic rings. The summed E-state index contributed by atoms with van der Waals surface area (Å²) in [6.45, 7) is 9.31. The maximum absolute atomic E-state index is 13.7. The maximum atomic E-state index is 13.7. The van der Waals surface area contributed by atoms with Gasteiger partial charge in [0, 0.05) is 13.3 Å². The quantitative estimate of drug-likeness (QED) is 0.140. The lowest BCUT2D eigenvalue weighted by Gasteiger charge is -2.29. The standard InChI is InChI=1S/C33H50N6O5/c1-6-21(4)29(33(44)37-26(13-9-10-16-34)31(42)38-27(30(35)41)17-20(2)3)39-32(43)28(36-22(5)40)19-23-14-15-24-11-7-8-12-25(24)18-23/h7-8,11-12,14-15,18,20-21,26-29H,6,9-10,13,16-17,19,34H2,1-5H3,(H2,35,41)(H,36,40)(H,37,44)(H,38,42)(H,39,43)/t21-,26-,27?,28-,29?/m0/s1. The molecular formula is C33H50N6O5. The van der Waals surface area contributed by atoms with Crippen LogP contribution in [-0.2, 0) is 30.4 Å². The molecule has 0 radical (unpaired) electrons. The number of nitrogens with two attached hydrogens (primary N) is 2. The van der Waals surface area contributed by atoms with Gasteiger partial charge in [-0.3, -0.25) is 24.0 Å². The summed E-state index contributed by atoms with van der Waals surface area (Å²) < 4.78 is 0. The zero-order valence-electron chi connectivity index (χ0n) is 26.7. The van der Waals surface area contributed by atoms with Crippen LogP contribution < -0.4 is 32.7 Å². The molecule has 0 spiro atoms. The molecule has 11 nitrogen and oxygen atoms in total. The summed E-state index contributed by atoms with van der Waals surface area (Å²) in [4.78, 5) is 64.6. The van der Waals surface area contributed by atoms with Crippen molar-refractivity contribution >= 4 is 40.3 Å². The fourth-order valence-corrected chi connectivity index (χ4v) is 5.02. The molecule has 2 rings (SSSR count). The Labute approximate surface area is 260 Å². The number of hydrogen-bond donors (Lipinski definition) is 6. The minimum absolute atomic E-state index is 0.106. The van der Waals surface area contributed by atoms with Crippen molar-refractivity contribution in [3.63, 3.8) is 0 Å². The van der Waals surface area contributed by atoms with E-state index in [2.05, 4.69) is 21.3 Å². The van der Waals surface area contributed by atoms with E-state index in [0.717, 1.165) is 16.3 Å². The Balaban J connectivity index is 2.26. The largest absolute Gasteiger partial charge is 0.368 e. The number of carbonyl (C=O) groups is 5. The number of carbonyl (C=O) groups excluding carboxylic acids is 5. The minimum Gasteiger partial charge on any atom is -0.368 e. The summed E-state index contributed by atoms with van der Waals surface area (Å²) in [6.07, 6.45) is 2.65. The van der Waals surface area contributed by atoms with Crippen molar-refractivity contribution in [3.8, 4) is 0 Å². The fraction of sp³-hybridized carbons (Fsp3) is 0.545. The highest BCUT2D eigenvalue weighted by atomic mass is 16.2. The lowest BCUT2D eigenvalue weighted by molar-refractivity contribution is -0.135. The Morgan fingerprint density at radius 3 is 2.00 bits per heavy atom. The first-order valence-electron chi connectivity index (χ1n) is 15.5. The van der Waals surface area contributed by atoms with Crippen molar-refractivity contribution in [2.45, 2.75) is 97.3 Å². The predicted octanol–water partition coefficient (Wildman–Crippen LogP) is 2.05. The number of hydrogen-bond acceptors (Lipinski definition) is 6. The van der Waals surface area contributed by atoms with E-state index < -0.39 is 47.8 Å². The van der Waals surface area contributed by atoms with E-state index in [4.69, 9.17) is 11.5 Å². The third-order valence-electron chi connectivity index (χ3n) is 7.69. The highest BCUT2D eigenvalue weighted by molar-refractivity contribution is 5.95. The Hall–Kier alpha value is -3.99. The van der Waals surface area contributed by atoms with Gasteiger partial charge in [-0.05, 0) is 60.4 Å². The molecule has 44 heavy (non-hydrogen) atoms. The average Bonchev–Trinajstić information content (AvgIpc) is 2.97. The van der Waals surface area contributed by atoms with Gasteiger partial charge in [-0.2, -0.15) is 0 Å².